The Morgan fingerprint density at radius 3 is 1.95 bits per heavy atom. The molecule has 1 saturated heterocycles. The predicted molar refractivity (Wildman–Crippen MR) is 143 cm³/mol. The van der Waals surface area contributed by atoms with E-state index in [1.54, 1.807) is 4.90 Å². The highest BCUT2D eigenvalue weighted by Gasteiger charge is 2.48. The van der Waals surface area contributed by atoms with Gasteiger partial charge in [0.15, 0.2) is 0 Å². The first-order valence-corrected chi connectivity index (χ1v) is 14.1. The Morgan fingerprint density at radius 1 is 0.864 bits per heavy atom. The number of Topliss-reactive ketones (excluding diaryl/α,β-unsaturated/α-hetero) is 1. The molecule has 0 spiro atoms. The number of halogens is 9. The molecule has 0 aromatic heterocycles. The largest absolute Gasteiger partial charge is 0.423 e. The normalized spacial score (nSPS) is 21.2. The number of nitro groups is 1. The molecule has 2 aromatic carbocycles. The number of rotatable bonds is 8. The molecule has 1 saturated carbocycles. The van der Waals surface area contributed by atoms with Gasteiger partial charge in [0.25, 0.3) is 5.69 Å². The third kappa shape index (κ3) is 8.14. The molecule has 15 heteroatoms. The van der Waals surface area contributed by atoms with Crippen LogP contribution in [0.2, 0.25) is 0 Å². The van der Waals surface area contributed by atoms with E-state index in [1.807, 2.05) is 0 Å². The van der Waals surface area contributed by atoms with Crippen molar-refractivity contribution in [2.24, 2.45) is 17.8 Å². The maximum atomic E-state index is 14.1. The van der Waals surface area contributed by atoms with Crippen molar-refractivity contribution in [3.8, 4) is 0 Å². The molecule has 0 amide bonds. The lowest BCUT2D eigenvalue weighted by Crippen LogP contribution is -2.41. The maximum Gasteiger partial charge on any atom is 0.423 e. The molecule has 6 nitrogen and oxygen atoms in total. The predicted octanol–water partition coefficient (Wildman–Crippen LogP) is 8.66. The first-order valence-electron chi connectivity index (χ1n) is 14.1. The number of carbonyl (C=O) groups is 1. The van der Waals surface area contributed by atoms with Gasteiger partial charge in [-0.15, -0.1) is 0 Å². The minimum atomic E-state index is -4.96. The Balaban J connectivity index is 1.32. The fourth-order valence-corrected chi connectivity index (χ4v) is 6.09. The van der Waals surface area contributed by atoms with Crippen LogP contribution in [0.1, 0.15) is 56.1 Å². The maximum absolute atomic E-state index is 14.1. The van der Waals surface area contributed by atoms with Crippen molar-refractivity contribution in [2.75, 3.05) is 23.3 Å². The molecule has 44 heavy (non-hydrogen) atoms. The molecular weight excluding hydrogens is 609 g/mol. The van der Waals surface area contributed by atoms with E-state index in [0.29, 0.717) is 37.7 Å². The average molecular weight is 640 g/mol. The Kier molecular flexibility index (Phi) is 9.74. The van der Waals surface area contributed by atoms with Crippen molar-refractivity contribution in [1.82, 2.24) is 0 Å². The summed E-state index contributed by atoms with van der Waals surface area (Å²) in [7, 11) is 0. The summed E-state index contributed by atoms with van der Waals surface area (Å²) in [6.45, 7) is 0.675. The number of alkyl halides is 9. The van der Waals surface area contributed by atoms with Gasteiger partial charge in [-0.25, -0.2) is 0 Å². The topological polar surface area (TPSA) is 75.5 Å². The highest BCUT2D eigenvalue weighted by molar-refractivity contribution is 5.84. The van der Waals surface area contributed by atoms with Crippen molar-refractivity contribution in [1.29, 1.82) is 0 Å². The summed E-state index contributed by atoms with van der Waals surface area (Å²) in [5.41, 5.74) is -2.80. The van der Waals surface area contributed by atoms with E-state index in [4.69, 9.17) is 0 Å². The zero-order valence-corrected chi connectivity index (χ0v) is 23.2. The summed E-state index contributed by atoms with van der Waals surface area (Å²) in [6.07, 6.45) is -13.2. The van der Waals surface area contributed by atoms with Crippen LogP contribution in [0, 0.1) is 27.9 Å². The van der Waals surface area contributed by atoms with Crippen LogP contribution in [0.5, 0.6) is 0 Å². The quantitative estimate of drug-likeness (QED) is 0.178. The fraction of sp³-hybridized carbons (Fsp3) is 0.552. The Hall–Kier alpha value is -3.52. The second-order valence-corrected chi connectivity index (χ2v) is 11.4. The summed E-state index contributed by atoms with van der Waals surface area (Å²) in [6, 6.07) is 6.62. The van der Waals surface area contributed by atoms with Gasteiger partial charge in [-0.3, -0.25) is 14.9 Å². The third-order valence-corrected chi connectivity index (χ3v) is 8.48. The number of nitrogens with zero attached hydrogens (tertiary/aromatic N) is 2. The lowest BCUT2D eigenvalue weighted by atomic mass is 9.76. The molecule has 1 heterocycles. The van der Waals surface area contributed by atoms with Gasteiger partial charge < -0.3 is 10.2 Å². The van der Waals surface area contributed by atoms with Crippen LogP contribution in [0.4, 0.5) is 56.6 Å². The van der Waals surface area contributed by atoms with Crippen LogP contribution in [0.3, 0.4) is 0 Å². The average Bonchev–Trinajstić information content (AvgIpc) is 2.95. The van der Waals surface area contributed by atoms with Crippen molar-refractivity contribution < 1.29 is 49.2 Å². The number of piperidine rings is 1. The summed E-state index contributed by atoms with van der Waals surface area (Å²) < 4.78 is 121. The van der Waals surface area contributed by atoms with Gasteiger partial charge in [0.1, 0.15) is 17.3 Å². The van der Waals surface area contributed by atoms with Crippen molar-refractivity contribution in [3.63, 3.8) is 0 Å². The van der Waals surface area contributed by atoms with E-state index in [9.17, 15) is 54.4 Å². The molecule has 1 N–H and O–H groups in total. The summed E-state index contributed by atoms with van der Waals surface area (Å²) >= 11 is 0. The first kappa shape index (κ1) is 33.4. The van der Waals surface area contributed by atoms with Gasteiger partial charge in [0, 0.05) is 42.5 Å². The molecule has 1 aliphatic carbocycles. The molecule has 1 atom stereocenters. The lowest BCUT2D eigenvalue weighted by Gasteiger charge is -2.36. The zero-order valence-electron chi connectivity index (χ0n) is 23.2. The van der Waals surface area contributed by atoms with Crippen LogP contribution in [0.15, 0.2) is 42.5 Å². The Bertz CT molecular complexity index is 1310. The lowest BCUT2D eigenvalue weighted by molar-refractivity contribution is -0.388. The van der Waals surface area contributed by atoms with Gasteiger partial charge in [-0.2, -0.15) is 39.5 Å². The van der Waals surface area contributed by atoms with Gasteiger partial charge in [-0.1, -0.05) is 0 Å². The summed E-state index contributed by atoms with van der Waals surface area (Å²) in [4.78, 5) is 24.7. The fourth-order valence-electron chi connectivity index (χ4n) is 6.09. The van der Waals surface area contributed by atoms with Crippen LogP contribution < -0.4 is 10.2 Å². The minimum absolute atomic E-state index is 0.0199. The standard InChI is InChI=1S/C29H30F9N3O3/c30-27(31,32)19-3-8-22(9-4-19)40-13-11-17(12-14-40)15-24(29(36,37)38)26(42)18-1-5-20(6-2-18)39-21-7-10-25(41(43)44)23(16-21)28(33,34)35/h3-4,7-10,16-18,20,24,39H,1-2,5-6,11-15H2. The van der Waals surface area contributed by atoms with Crippen LogP contribution in [-0.4, -0.2) is 36.0 Å². The highest BCUT2D eigenvalue weighted by atomic mass is 19.4. The number of hydrogen-bond donors (Lipinski definition) is 1. The van der Waals surface area contributed by atoms with Gasteiger partial charge in [0.05, 0.1) is 10.5 Å². The number of carbonyl (C=O) groups excluding carboxylic acids is 1. The molecule has 242 valence electrons. The second-order valence-electron chi connectivity index (χ2n) is 11.4. The number of anilines is 2. The first-order chi connectivity index (χ1) is 20.4. The van der Waals surface area contributed by atoms with Gasteiger partial charge in [-0.05, 0) is 87.3 Å². The molecule has 0 radical (unpaired) electrons. The van der Waals surface area contributed by atoms with E-state index in [2.05, 4.69) is 5.32 Å². The van der Waals surface area contributed by atoms with E-state index >= 15 is 0 Å². The Morgan fingerprint density at radius 2 is 1.45 bits per heavy atom. The van der Waals surface area contributed by atoms with Crippen molar-refractivity contribution in [3.05, 3.63) is 63.7 Å². The number of ketones is 1. The number of benzene rings is 2. The smallest absolute Gasteiger partial charge is 0.382 e. The SMILES string of the molecule is O=C(C1CCC(Nc2ccc([N+](=O)[O-])c(C(F)(F)F)c2)CC1)C(CC1CCN(c2ccc(C(F)(F)F)cc2)CC1)C(F)(F)F. The zero-order chi connectivity index (χ0) is 32.4. The summed E-state index contributed by atoms with van der Waals surface area (Å²) in [5, 5.41) is 13.8. The van der Waals surface area contributed by atoms with Crippen LogP contribution in [0.25, 0.3) is 0 Å². The van der Waals surface area contributed by atoms with E-state index < -0.39 is 69.8 Å². The second kappa shape index (κ2) is 12.8. The molecule has 1 unspecified atom stereocenters. The third-order valence-electron chi connectivity index (χ3n) is 8.48. The van der Waals surface area contributed by atoms with E-state index in [0.717, 1.165) is 24.3 Å². The number of nitro benzene ring substituents is 1. The van der Waals surface area contributed by atoms with Crippen LogP contribution >= 0.6 is 0 Å². The molecule has 1 aliphatic heterocycles. The van der Waals surface area contributed by atoms with Crippen molar-refractivity contribution in [2.45, 2.75) is 69.5 Å². The van der Waals surface area contributed by atoms with E-state index in [-0.39, 0.29) is 37.8 Å². The molecule has 2 aliphatic rings. The monoisotopic (exact) mass is 639 g/mol. The van der Waals surface area contributed by atoms with Gasteiger partial charge >= 0.3 is 18.5 Å². The number of hydrogen-bond acceptors (Lipinski definition) is 5. The van der Waals surface area contributed by atoms with Crippen molar-refractivity contribution >= 4 is 22.8 Å². The molecular formula is C29H30F9N3O3. The van der Waals surface area contributed by atoms with Gasteiger partial charge in [0.2, 0.25) is 0 Å². The highest BCUT2D eigenvalue weighted by Crippen LogP contribution is 2.41. The summed E-state index contributed by atoms with van der Waals surface area (Å²) in [5.74, 6) is -4.34. The van der Waals surface area contributed by atoms with E-state index in [1.165, 1.54) is 12.1 Å². The Labute approximate surface area is 246 Å². The molecule has 0 bridgehead atoms. The minimum Gasteiger partial charge on any atom is -0.382 e. The molecule has 2 fully saturated rings. The molecule has 2 aromatic rings. The molecule has 4 rings (SSSR count). The number of nitrogens with one attached hydrogen (secondary N) is 1. The van der Waals surface area contributed by atoms with Crippen LogP contribution in [-0.2, 0) is 17.1 Å².